The summed E-state index contributed by atoms with van der Waals surface area (Å²) in [6.07, 6.45) is 2.85. The summed E-state index contributed by atoms with van der Waals surface area (Å²) in [5.41, 5.74) is 6.21. The lowest BCUT2D eigenvalue weighted by Gasteiger charge is -2.19. The Bertz CT molecular complexity index is 857. The van der Waals surface area contributed by atoms with E-state index in [4.69, 9.17) is 17.3 Å². The standard InChI is InChI=1S/C18H20ClFN4O2/c1-11-14(8-9-15(25)22-10-18(2,3)17(21)26)16(19)24(23-11)13-6-4-12(20)5-7-13/h4-9H,10H2,1-3H3,(H2,21,26)(H,22,25)/b9-8+. The molecule has 1 aromatic carbocycles. The van der Waals surface area contributed by atoms with Crippen molar-refractivity contribution in [3.63, 3.8) is 0 Å². The van der Waals surface area contributed by atoms with Crippen molar-refractivity contribution in [2.45, 2.75) is 20.8 Å². The molecule has 6 nitrogen and oxygen atoms in total. The van der Waals surface area contributed by atoms with Gasteiger partial charge in [-0.3, -0.25) is 9.59 Å². The second-order valence-electron chi connectivity index (χ2n) is 6.48. The number of halogens is 2. The zero-order chi connectivity index (χ0) is 19.5. The number of benzene rings is 1. The molecular weight excluding hydrogens is 359 g/mol. The largest absolute Gasteiger partial charge is 0.369 e. The molecule has 2 aromatic rings. The van der Waals surface area contributed by atoms with E-state index in [0.717, 1.165) is 0 Å². The van der Waals surface area contributed by atoms with E-state index in [0.29, 0.717) is 22.1 Å². The average molecular weight is 379 g/mol. The van der Waals surface area contributed by atoms with Crippen LogP contribution < -0.4 is 11.1 Å². The molecule has 0 saturated heterocycles. The van der Waals surface area contributed by atoms with E-state index in [1.807, 2.05) is 0 Å². The highest BCUT2D eigenvalue weighted by molar-refractivity contribution is 6.31. The molecule has 0 unspecified atom stereocenters. The Morgan fingerprint density at radius 3 is 2.54 bits per heavy atom. The SMILES string of the molecule is Cc1nn(-c2ccc(F)cc2)c(Cl)c1/C=C/C(=O)NCC(C)(C)C(N)=O. The van der Waals surface area contributed by atoms with Crippen LogP contribution in [0.5, 0.6) is 0 Å². The van der Waals surface area contributed by atoms with Crippen LogP contribution in [0, 0.1) is 18.2 Å². The molecule has 0 aliphatic rings. The first-order valence-corrected chi connectivity index (χ1v) is 8.26. The number of primary amides is 1. The summed E-state index contributed by atoms with van der Waals surface area (Å²) >= 11 is 6.34. The molecular formula is C18H20ClFN4O2. The minimum atomic E-state index is -0.843. The van der Waals surface area contributed by atoms with E-state index in [9.17, 15) is 14.0 Å². The first kappa shape index (κ1) is 19.7. The van der Waals surface area contributed by atoms with E-state index < -0.39 is 11.3 Å². The molecule has 26 heavy (non-hydrogen) atoms. The van der Waals surface area contributed by atoms with Crippen LogP contribution in [0.25, 0.3) is 11.8 Å². The van der Waals surface area contributed by atoms with E-state index in [2.05, 4.69) is 10.4 Å². The molecule has 0 atom stereocenters. The van der Waals surface area contributed by atoms with Gasteiger partial charge in [-0.2, -0.15) is 5.10 Å². The number of hydrogen-bond acceptors (Lipinski definition) is 3. The van der Waals surface area contributed by atoms with Crippen LogP contribution in [0.4, 0.5) is 4.39 Å². The summed E-state index contributed by atoms with van der Waals surface area (Å²) in [5.74, 6) is -1.24. The fraction of sp³-hybridized carbons (Fsp3) is 0.278. The lowest BCUT2D eigenvalue weighted by Crippen LogP contribution is -2.41. The topological polar surface area (TPSA) is 90.0 Å². The highest BCUT2D eigenvalue weighted by Gasteiger charge is 2.25. The second-order valence-corrected chi connectivity index (χ2v) is 6.84. The maximum Gasteiger partial charge on any atom is 0.244 e. The fourth-order valence-electron chi connectivity index (χ4n) is 2.07. The van der Waals surface area contributed by atoms with Gasteiger partial charge < -0.3 is 11.1 Å². The van der Waals surface area contributed by atoms with Gasteiger partial charge in [0.15, 0.2) is 0 Å². The number of nitrogens with two attached hydrogens (primary N) is 1. The number of hydrogen-bond donors (Lipinski definition) is 2. The molecule has 138 valence electrons. The lowest BCUT2D eigenvalue weighted by atomic mass is 9.93. The summed E-state index contributed by atoms with van der Waals surface area (Å²) in [7, 11) is 0. The maximum absolute atomic E-state index is 13.1. The molecule has 0 bridgehead atoms. The zero-order valence-corrected chi connectivity index (χ0v) is 15.5. The Morgan fingerprint density at radius 1 is 1.35 bits per heavy atom. The number of carbonyl (C=O) groups excluding carboxylic acids is 2. The van der Waals surface area contributed by atoms with Gasteiger partial charge in [-0.25, -0.2) is 9.07 Å². The molecule has 3 N–H and O–H groups in total. The first-order chi connectivity index (χ1) is 12.1. The van der Waals surface area contributed by atoms with Crippen LogP contribution >= 0.6 is 11.6 Å². The van der Waals surface area contributed by atoms with Gasteiger partial charge in [0.05, 0.1) is 16.8 Å². The van der Waals surface area contributed by atoms with Crippen LogP contribution in [0.15, 0.2) is 30.3 Å². The summed E-state index contributed by atoms with van der Waals surface area (Å²) in [5, 5.41) is 7.24. The third kappa shape index (κ3) is 4.49. The maximum atomic E-state index is 13.1. The summed E-state index contributed by atoms with van der Waals surface area (Å²) in [6, 6.07) is 5.73. The van der Waals surface area contributed by atoms with Gasteiger partial charge in [0, 0.05) is 18.2 Å². The van der Waals surface area contributed by atoms with E-state index in [1.165, 1.54) is 29.0 Å². The highest BCUT2D eigenvalue weighted by atomic mass is 35.5. The quantitative estimate of drug-likeness (QED) is 0.757. The van der Waals surface area contributed by atoms with Gasteiger partial charge in [0.25, 0.3) is 0 Å². The fourth-order valence-corrected chi connectivity index (χ4v) is 2.40. The lowest BCUT2D eigenvalue weighted by molar-refractivity contribution is -0.126. The number of nitrogens with one attached hydrogen (secondary N) is 1. The second kappa shape index (κ2) is 7.70. The van der Waals surface area contributed by atoms with Crippen molar-refractivity contribution in [3.05, 3.63) is 52.6 Å². The van der Waals surface area contributed by atoms with Crippen molar-refractivity contribution in [2.24, 2.45) is 11.1 Å². The Hall–Kier alpha value is -2.67. The number of aryl methyl sites for hydroxylation is 1. The molecule has 0 aliphatic carbocycles. The predicted octanol–water partition coefficient (Wildman–Crippen LogP) is 2.61. The zero-order valence-electron chi connectivity index (χ0n) is 14.7. The molecule has 0 spiro atoms. The molecule has 0 fully saturated rings. The highest BCUT2D eigenvalue weighted by Crippen LogP contribution is 2.24. The van der Waals surface area contributed by atoms with Gasteiger partial charge in [-0.05, 0) is 51.1 Å². The van der Waals surface area contributed by atoms with Gasteiger partial charge in [0.2, 0.25) is 11.8 Å². The third-order valence-corrected chi connectivity index (χ3v) is 4.26. The Balaban J connectivity index is 2.14. The van der Waals surface area contributed by atoms with Gasteiger partial charge >= 0.3 is 0 Å². The van der Waals surface area contributed by atoms with Gasteiger partial charge in [0.1, 0.15) is 11.0 Å². The molecule has 1 aromatic heterocycles. The molecule has 0 aliphatic heterocycles. The van der Waals surface area contributed by atoms with Crippen LogP contribution in [0.1, 0.15) is 25.1 Å². The number of carbonyl (C=O) groups is 2. The molecule has 2 rings (SSSR count). The predicted molar refractivity (Wildman–Crippen MR) is 98.3 cm³/mol. The molecule has 1 heterocycles. The van der Waals surface area contributed by atoms with Gasteiger partial charge in [-0.15, -0.1) is 0 Å². The average Bonchev–Trinajstić information content (AvgIpc) is 2.86. The van der Waals surface area contributed by atoms with Crippen molar-refractivity contribution < 1.29 is 14.0 Å². The molecule has 0 saturated carbocycles. The summed E-state index contributed by atoms with van der Waals surface area (Å²) in [4.78, 5) is 23.2. The van der Waals surface area contributed by atoms with Crippen LogP contribution in [0.2, 0.25) is 5.15 Å². The molecule has 0 radical (unpaired) electrons. The van der Waals surface area contributed by atoms with E-state index >= 15 is 0 Å². The molecule has 8 heteroatoms. The third-order valence-electron chi connectivity index (χ3n) is 3.89. The van der Waals surface area contributed by atoms with Crippen molar-refractivity contribution in [3.8, 4) is 5.69 Å². The summed E-state index contributed by atoms with van der Waals surface area (Å²) in [6.45, 7) is 5.16. The number of rotatable bonds is 6. The van der Waals surface area contributed by atoms with Crippen LogP contribution in [-0.4, -0.2) is 28.1 Å². The van der Waals surface area contributed by atoms with Crippen molar-refractivity contribution in [1.29, 1.82) is 0 Å². The number of nitrogens with zero attached hydrogens (tertiary/aromatic N) is 2. The van der Waals surface area contributed by atoms with Crippen LogP contribution in [0.3, 0.4) is 0 Å². The van der Waals surface area contributed by atoms with E-state index in [1.54, 1.807) is 32.9 Å². The van der Waals surface area contributed by atoms with Crippen molar-refractivity contribution in [2.75, 3.05) is 6.54 Å². The van der Waals surface area contributed by atoms with E-state index in [-0.39, 0.29) is 18.3 Å². The Morgan fingerprint density at radius 2 is 1.96 bits per heavy atom. The number of aromatic nitrogens is 2. The Labute approximate surface area is 155 Å². The van der Waals surface area contributed by atoms with Gasteiger partial charge in [-0.1, -0.05) is 11.6 Å². The minimum Gasteiger partial charge on any atom is -0.369 e. The normalized spacial score (nSPS) is 11.7. The Kier molecular flexibility index (Phi) is 5.82. The summed E-state index contributed by atoms with van der Waals surface area (Å²) < 4.78 is 14.5. The number of amides is 2. The van der Waals surface area contributed by atoms with Crippen molar-refractivity contribution >= 4 is 29.5 Å². The van der Waals surface area contributed by atoms with Crippen molar-refractivity contribution in [1.82, 2.24) is 15.1 Å². The van der Waals surface area contributed by atoms with Crippen LogP contribution in [-0.2, 0) is 9.59 Å². The monoisotopic (exact) mass is 378 g/mol. The first-order valence-electron chi connectivity index (χ1n) is 7.88. The smallest absolute Gasteiger partial charge is 0.244 e. The minimum absolute atomic E-state index is 0.118. The molecule has 2 amide bonds.